The van der Waals surface area contributed by atoms with Gasteiger partial charge in [0, 0.05) is 24.7 Å². The maximum Gasteiger partial charge on any atom is 0.269 e. The van der Waals surface area contributed by atoms with E-state index < -0.39 is 0 Å². The van der Waals surface area contributed by atoms with Gasteiger partial charge in [0.2, 0.25) is 0 Å². The fourth-order valence-corrected chi connectivity index (χ4v) is 1.92. The summed E-state index contributed by atoms with van der Waals surface area (Å²) in [6.07, 6.45) is 2.58. The predicted octanol–water partition coefficient (Wildman–Crippen LogP) is 0.965. The van der Waals surface area contributed by atoms with Crippen molar-refractivity contribution in [1.82, 2.24) is 10.3 Å². The summed E-state index contributed by atoms with van der Waals surface area (Å²) in [6, 6.07) is 15.7. The largest absolute Gasteiger partial charge is 0.350 e. The van der Waals surface area contributed by atoms with Crippen LogP contribution in [-0.4, -0.2) is 24.0 Å². The molecule has 104 valence electrons. The number of nitrogens with one attached hydrogen (secondary N) is 1. The Morgan fingerprint density at radius 2 is 1.90 bits per heavy atom. The second-order valence-corrected chi connectivity index (χ2v) is 4.59. The number of nitrogens with zero attached hydrogens (tertiary/aromatic N) is 1. The molecule has 2 rings (SSSR count). The zero-order valence-corrected chi connectivity index (χ0v) is 11.5. The lowest BCUT2D eigenvalue weighted by molar-refractivity contribution is -0.670. The zero-order valence-electron chi connectivity index (χ0n) is 11.5. The average molecular weight is 270 g/mol. The Bertz CT molecular complexity index is 514. The Hall–Kier alpha value is -2.20. The molecule has 0 fully saturated rings. The number of pyridine rings is 1. The molecule has 0 aliphatic rings. The SMILES string of the molecule is O=C(NCCC[NH2+]Cc1ccccc1)c1ccccn1. The van der Waals surface area contributed by atoms with Gasteiger partial charge in [0.25, 0.3) is 5.91 Å². The smallest absolute Gasteiger partial charge is 0.269 e. The zero-order chi connectivity index (χ0) is 14.0. The molecule has 0 saturated carbocycles. The van der Waals surface area contributed by atoms with E-state index in [9.17, 15) is 4.79 Å². The average Bonchev–Trinajstić information content (AvgIpc) is 2.52. The molecule has 4 nitrogen and oxygen atoms in total. The minimum absolute atomic E-state index is 0.103. The molecule has 1 aromatic heterocycles. The first kappa shape index (κ1) is 14.2. The molecule has 4 heteroatoms. The third kappa shape index (κ3) is 4.82. The summed E-state index contributed by atoms with van der Waals surface area (Å²) >= 11 is 0. The first-order valence-corrected chi connectivity index (χ1v) is 6.91. The molecule has 3 N–H and O–H groups in total. The highest BCUT2D eigenvalue weighted by Gasteiger charge is 2.04. The van der Waals surface area contributed by atoms with E-state index in [4.69, 9.17) is 0 Å². The minimum Gasteiger partial charge on any atom is -0.350 e. The molecule has 0 aliphatic heterocycles. The second kappa shape index (κ2) is 8.07. The van der Waals surface area contributed by atoms with Gasteiger partial charge in [-0.15, -0.1) is 0 Å². The van der Waals surface area contributed by atoms with Gasteiger partial charge in [0.05, 0.1) is 6.54 Å². The Balaban J connectivity index is 1.57. The normalized spacial score (nSPS) is 10.2. The van der Waals surface area contributed by atoms with Gasteiger partial charge >= 0.3 is 0 Å². The fraction of sp³-hybridized carbons (Fsp3) is 0.250. The van der Waals surface area contributed by atoms with Crippen molar-refractivity contribution in [2.24, 2.45) is 0 Å². The van der Waals surface area contributed by atoms with Crippen LogP contribution in [0.2, 0.25) is 0 Å². The van der Waals surface area contributed by atoms with Gasteiger partial charge < -0.3 is 10.6 Å². The lowest BCUT2D eigenvalue weighted by Gasteiger charge is -2.04. The second-order valence-electron chi connectivity index (χ2n) is 4.59. The van der Waals surface area contributed by atoms with E-state index in [0.29, 0.717) is 12.2 Å². The summed E-state index contributed by atoms with van der Waals surface area (Å²) in [7, 11) is 0. The molecule has 0 saturated heterocycles. The summed E-state index contributed by atoms with van der Waals surface area (Å²) < 4.78 is 0. The summed E-state index contributed by atoms with van der Waals surface area (Å²) in [4.78, 5) is 15.7. The quantitative estimate of drug-likeness (QED) is 0.736. The van der Waals surface area contributed by atoms with E-state index in [0.717, 1.165) is 19.5 Å². The van der Waals surface area contributed by atoms with Gasteiger partial charge in [-0.05, 0) is 12.1 Å². The van der Waals surface area contributed by atoms with Crippen molar-refractivity contribution in [3.05, 3.63) is 66.0 Å². The first-order chi connectivity index (χ1) is 9.86. The predicted molar refractivity (Wildman–Crippen MR) is 78.1 cm³/mol. The van der Waals surface area contributed by atoms with E-state index in [2.05, 4.69) is 39.9 Å². The highest BCUT2D eigenvalue weighted by atomic mass is 16.1. The molecule has 1 amide bonds. The van der Waals surface area contributed by atoms with Crippen molar-refractivity contribution < 1.29 is 10.1 Å². The summed E-state index contributed by atoms with van der Waals surface area (Å²) in [5, 5.41) is 5.13. The van der Waals surface area contributed by atoms with Crippen LogP contribution in [0.4, 0.5) is 0 Å². The number of quaternary nitrogens is 1. The number of rotatable bonds is 7. The van der Waals surface area contributed by atoms with Crippen LogP contribution in [0.1, 0.15) is 22.5 Å². The minimum atomic E-state index is -0.103. The molecule has 20 heavy (non-hydrogen) atoms. The van der Waals surface area contributed by atoms with Gasteiger partial charge in [-0.2, -0.15) is 0 Å². The molecule has 0 aliphatic carbocycles. The van der Waals surface area contributed by atoms with Crippen molar-refractivity contribution in [2.45, 2.75) is 13.0 Å². The van der Waals surface area contributed by atoms with Crippen LogP contribution in [-0.2, 0) is 6.54 Å². The van der Waals surface area contributed by atoms with E-state index >= 15 is 0 Å². The Kier molecular flexibility index (Phi) is 5.73. The molecule has 2 aromatic rings. The van der Waals surface area contributed by atoms with Gasteiger partial charge in [-0.1, -0.05) is 36.4 Å². The monoisotopic (exact) mass is 270 g/mol. The Morgan fingerprint density at radius 3 is 2.65 bits per heavy atom. The van der Waals surface area contributed by atoms with Crippen molar-refractivity contribution in [1.29, 1.82) is 0 Å². The number of aromatic nitrogens is 1. The number of hydrogen-bond donors (Lipinski definition) is 2. The van der Waals surface area contributed by atoms with Crippen LogP contribution >= 0.6 is 0 Å². The number of carbonyl (C=O) groups excluding carboxylic acids is 1. The molecule has 0 radical (unpaired) electrons. The van der Waals surface area contributed by atoms with Crippen molar-refractivity contribution in [2.75, 3.05) is 13.1 Å². The van der Waals surface area contributed by atoms with Crippen LogP contribution in [0, 0.1) is 0 Å². The number of carbonyl (C=O) groups is 1. The number of nitrogens with two attached hydrogens (primary N) is 1. The highest BCUT2D eigenvalue weighted by Crippen LogP contribution is 1.94. The lowest BCUT2D eigenvalue weighted by atomic mass is 10.2. The Labute approximate surface area is 119 Å². The summed E-state index contributed by atoms with van der Waals surface area (Å²) in [5.74, 6) is -0.103. The number of hydrogen-bond acceptors (Lipinski definition) is 2. The third-order valence-electron chi connectivity index (χ3n) is 2.99. The van der Waals surface area contributed by atoms with E-state index in [1.165, 1.54) is 5.56 Å². The molecule has 0 spiro atoms. The highest BCUT2D eigenvalue weighted by molar-refractivity contribution is 5.92. The van der Waals surface area contributed by atoms with Gasteiger partial charge in [0.15, 0.2) is 0 Å². The number of benzene rings is 1. The van der Waals surface area contributed by atoms with Crippen LogP contribution in [0.15, 0.2) is 54.7 Å². The first-order valence-electron chi connectivity index (χ1n) is 6.91. The van der Waals surface area contributed by atoms with Gasteiger partial charge in [-0.25, -0.2) is 0 Å². The van der Waals surface area contributed by atoms with Gasteiger partial charge in [-0.3, -0.25) is 9.78 Å². The number of amides is 1. The molecule has 0 unspecified atom stereocenters. The Morgan fingerprint density at radius 1 is 1.10 bits per heavy atom. The molecule has 0 bridgehead atoms. The van der Waals surface area contributed by atoms with Crippen LogP contribution in [0.25, 0.3) is 0 Å². The van der Waals surface area contributed by atoms with E-state index in [1.807, 2.05) is 12.1 Å². The van der Waals surface area contributed by atoms with Crippen molar-refractivity contribution in [3.63, 3.8) is 0 Å². The lowest BCUT2D eigenvalue weighted by Crippen LogP contribution is -2.82. The van der Waals surface area contributed by atoms with Crippen LogP contribution in [0.5, 0.6) is 0 Å². The van der Waals surface area contributed by atoms with E-state index in [-0.39, 0.29) is 5.91 Å². The van der Waals surface area contributed by atoms with Crippen LogP contribution in [0.3, 0.4) is 0 Å². The topological polar surface area (TPSA) is 58.6 Å². The summed E-state index contributed by atoms with van der Waals surface area (Å²) in [6.45, 7) is 2.66. The van der Waals surface area contributed by atoms with E-state index in [1.54, 1.807) is 18.3 Å². The molecule has 1 aromatic carbocycles. The third-order valence-corrected chi connectivity index (χ3v) is 2.99. The van der Waals surface area contributed by atoms with Crippen molar-refractivity contribution >= 4 is 5.91 Å². The molecule has 0 atom stereocenters. The molecular weight excluding hydrogens is 250 g/mol. The molecular formula is C16H20N3O+. The van der Waals surface area contributed by atoms with Crippen molar-refractivity contribution in [3.8, 4) is 0 Å². The molecule has 1 heterocycles. The maximum atomic E-state index is 11.7. The summed E-state index contributed by atoms with van der Waals surface area (Å²) in [5.41, 5.74) is 1.80. The maximum absolute atomic E-state index is 11.7. The fourth-order valence-electron chi connectivity index (χ4n) is 1.92. The standard InChI is InChI=1S/C16H19N3O/c20-16(15-9-4-5-11-18-15)19-12-6-10-17-13-14-7-2-1-3-8-14/h1-5,7-9,11,17H,6,10,12-13H2,(H,19,20)/p+1. The van der Waals surface area contributed by atoms with Gasteiger partial charge in [0.1, 0.15) is 12.2 Å². The van der Waals surface area contributed by atoms with Crippen LogP contribution < -0.4 is 10.6 Å².